The molecule has 0 radical (unpaired) electrons. The molecule has 1 amide bonds. The Bertz CT molecular complexity index is 453. The van der Waals surface area contributed by atoms with E-state index in [4.69, 9.17) is 15.3 Å². The molecule has 0 bridgehead atoms. The maximum atomic E-state index is 12.0. The zero-order chi connectivity index (χ0) is 15.2. The highest BCUT2D eigenvalue weighted by Gasteiger charge is 2.16. The summed E-state index contributed by atoms with van der Waals surface area (Å²) in [5.74, 6) is 0.0882. The smallest absolute Gasteiger partial charge is 0.274 e. The highest BCUT2D eigenvalue weighted by molar-refractivity contribution is 5.93. The normalized spacial score (nSPS) is 20.3. The molecule has 3 N–H and O–H groups in total. The first kappa shape index (κ1) is 15.9. The molecule has 5 nitrogen and oxygen atoms in total. The van der Waals surface area contributed by atoms with Gasteiger partial charge < -0.3 is 10.5 Å². The lowest BCUT2D eigenvalue weighted by atomic mass is 9.96. The van der Waals surface area contributed by atoms with Gasteiger partial charge in [-0.2, -0.15) is 0 Å². The topological polar surface area (TPSA) is 73.6 Å². The van der Waals surface area contributed by atoms with Crippen molar-refractivity contribution in [3.05, 3.63) is 35.4 Å². The number of nitrogens with one attached hydrogen (secondary N) is 1. The first-order chi connectivity index (χ1) is 10.1. The van der Waals surface area contributed by atoms with Crippen LogP contribution in [0.1, 0.15) is 55.1 Å². The van der Waals surface area contributed by atoms with Crippen LogP contribution in [0.25, 0.3) is 0 Å². The summed E-state index contributed by atoms with van der Waals surface area (Å²) in [5.41, 5.74) is 10.1. The Morgan fingerprint density at radius 2 is 2.05 bits per heavy atom. The standard InChI is InChI=1S/C16H24N2O3/c1-11(2)15(17)12-6-8-13(9-7-12)16(19)18-21-14-5-3-4-10-20-14/h6-9,11,14-15H,3-5,10,17H2,1-2H3,(H,18,19). The Morgan fingerprint density at radius 3 is 2.62 bits per heavy atom. The lowest BCUT2D eigenvalue weighted by molar-refractivity contribution is -0.186. The van der Waals surface area contributed by atoms with Crippen LogP contribution in [0, 0.1) is 5.92 Å². The SMILES string of the molecule is CC(C)C(N)c1ccc(C(=O)NOC2CCCCO2)cc1. The molecule has 1 aliphatic rings. The maximum absolute atomic E-state index is 12.0. The van der Waals surface area contributed by atoms with Crippen molar-refractivity contribution >= 4 is 5.91 Å². The molecule has 2 atom stereocenters. The lowest BCUT2D eigenvalue weighted by Gasteiger charge is -2.22. The van der Waals surface area contributed by atoms with Crippen LogP contribution in [0.5, 0.6) is 0 Å². The van der Waals surface area contributed by atoms with Gasteiger partial charge in [0.1, 0.15) is 0 Å². The van der Waals surface area contributed by atoms with Crippen LogP contribution in [-0.2, 0) is 9.57 Å². The van der Waals surface area contributed by atoms with E-state index < -0.39 is 0 Å². The molecule has 0 spiro atoms. The minimum absolute atomic E-state index is 0.0194. The van der Waals surface area contributed by atoms with E-state index in [-0.39, 0.29) is 18.2 Å². The van der Waals surface area contributed by atoms with Gasteiger partial charge in [-0.05, 0) is 36.5 Å². The van der Waals surface area contributed by atoms with Crippen LogP contribution in [0.3, 0.4) is 0 Å². The zero-order valence-corrected chi connectivity index (χ0v) is 12.7. The van der Waals surface area contributed by atoms with Crippen molar-refractivity contribution in [1.82, 2.24) is 5.48 Å². The summed E-state index contributed by atoms with van der Waals surface area (Å²) in [5, 5.41) is 0. The summed E-state index contributed by atoms with van der Waals surface area (Å²) in [6.45, 7) is 4.83. The molecule has 1 aliphatic heterocycles. The minimum Gasteiger partial charge on any atom is -0.350 e. The first-order valence-corrected chi connectivity index (χ1v) is 7.51. The van der Waals surface area contributed by atoms with Gasteiger partial charge >= 0.3 is 0 Å². The monoisotopic (exact) mass is 292 g/mol. The average molecular weight is 292 g/mol. The predicted octanol–water partition coefficient (Wildman–Crippen LogP) is 2.53. The van der Waals surface area contributed by atoms with E-state index in [2.05, 4.69) is 19.3 Å². The molecule has 21 heavy (non-hydrogen) atoms. The molecular weight excluding hydrogens is 268 g/mol. The van der Waals surface area contributed by atoms with Crippen molar-refractivity contribution in [1.29, 1.82) is 0 Å². The highest BCUT2D eigenvalue weighted by atomic mass is 16.8. The van der Waals surface area contributed by atoms with Gasteiger partial charge in [-0.3, -0.25) is 4.79 Å². The molecular formula is C16H24N2O3. The third-order valence-corrected chi connectivity index (χ3v) is 3.70. The molecule has 1 heterocycles. The fourth-order valence-corrected chi connectivity index (χ4v) is 2.22. The number of hydrogen-bond acceptors (Lipinski definition) is 4. The third-order valence-electron chi connectivity index (χ3n) is 3.70. The summed E-state index contributed by atoms with van der Waals surface area (Å²) in [4.78, 5) is 17.2. The van der Waals surface area contributed by atoms with Gasteiger partial charge in [0.2, 0.25) is 0 Å². The van der Waals surface area contributed by atoms with E-state index in [1.165, 1.54) is 0 Å². The van der Waals surface area contributed by atoms with Gasteiger partial charge in [0.05, 0.1) is 0 Å². The van der Waals surface area contributed by atoms with Gasteiger partial charge in [0.15, 0.2) is 6.29 Å². The Labute approximate surface area is 125 Å². The quantitative estimate of drug-likeness (QED) is 0.818. The average Bonchev–Trinajstić information content (AvgIpc) is 2.53. The van der Waals surface area contributed by atoms with Gasteiger partial charge in [0.25, 0.3) is 5.91 Å². The Morgan fingerprint density at radius 1 is 1.33 bits per heavy atom. The molecule has 1 fully saturated rings. The summed E-state index contributed by atoms with van der Waals surface area (Å²) in [6, 6.07) is 7.28. The molecule has 116 valence electrons. The summed E-state index contributed by atoms with van der Waals surface area (Å²) >= 11 is 0. The number of benzene rings is 1. The third kappa shape index (κ3) is 4.52. The van der Waals surface area contributed by atoms with Crippen LogP contribution in [-0.4, -0.2) is 18.8 Å². The Hall–Kier alpha value is -1.43. The zero-order valence-electron chi connectivity index (χ0n) is 12.7. The molecule has 2 rings (SSSR count). The molecule has 2 unspecified atom stereocenters. The fraction of sp³-hybridized carbons (Fsp3) is 0.562. The number of ether oxygens (including phenoxy) is 1. The maximum Gasteiger partial charge on any atom is 0.274 e. The number of hydrogen-bond donors (Lipinski definition) is 2. The summed E-state index contributed by atoms with van der Waals surface area (Å²) < 4.78 is 5.39. The van der Waals surface area contributed by atoms with Crippen molar-refractivity contribution in [2.24, 2.45) is 11.7 Å². The van der Waals surface area contributed by atoms with E-state index in [9.17, 15) is 4.79 Å². The molecule has 0 aromatic heterocycles. The van der Waals surface area contributed by atoms with Crippen LogP contribution in [0.2, 0.25) is 0 Å². The number of hydroxylamine groups is 1. The second kappa shape index (κ2) is 7.54. The van der Waals surface area contributed by atoms with Crippen molar-refractivity contribution in [2.45, 2.75) is 45.4 Å². The second-order valence-corrected chi connectivity index (χ2v) is 5.74. The summed E-state index contributed by atoms with van der Waals surface area (Å²) in [6.07, 6.45) is 2.58. The number of amides is 1. The van der Waals surface area contributed by atoms with Crippen molar-refractivity contribution in [3.63, 3.8) is 0 Å². The molecule has 0 saturated carbocycles. The van der Waals surface area contributed by atoms with E-state index in [0.717, 1.165) is 24.8 Å². The number of carbonyl (C=O) groups is 1. The van der Waals surface area contributed by atoms with Crippen LogP contribution >= 0.6 is 0 Å². The van der Waals surface area contributed by atoms with Gasteiger partial charge in [-0.25, -0.2) is 10.3 Å². The molecule has 1 aromatic rings. The Kier molecular flexibility index (Phi) is 5.73. The number of nitrogens with two attached hydrogens (primary N) is 1. The summed E-state index contributed by atoms with van der Waals surface area (Å²) in [7, 11) is 0. The van der Waals surface area contributed by atoms with E-state index >= 15 is 0 Å². The van der Waals surface area contributed by atoms with Crippen LogP contribution < -0.4 is 11.2 Å². The highest BCUT2D eigenvalue weighted by Crippen LogP contribution is 2.19. The molecule has 1 saturated heterocycles. The predicted molar refractivity (Wildman–Crippen MR) is 80.4 cm³/mol. The van der Waals surface area contributed by atoms with Gasteiger partial charge in [0, 0.05) is 24.6 Å². The van der Waals surface area contributed by atoms with E-state index in [1.807, 2.05) is 12.1 Å². The molecule has 0 aliphatic carbocycles. The van der Waals surface area contributed by atoms with Crippen molar-refractivity contribution < 1.29 is 14.4 Å². The van der Waals surface area contributed by atoms with Gasteiger partial charge in [-0.1, -0.05) is 26.0 Å². The lowest BCUT2D eigenvalue weighted by Crippen LogP contribution is -2.33. The fourth-order valence-electron chi connectivity index (χ4n) is 2.22. The largest absolute Gasteiger partial charge is 0.350 e. The van der Waals surface area contributed by atoms with Crippen molar-refractivity contribution in [3.8, 4) is 0 Å². The van der Waals surface area contributed by atoms with E-state index in [0.29, 0.717) is 18.1 Å². The second-order valence-electron chi connectivity index (χ2n) is 5.74. The first-order valence-electron chi connectivity index (χ1n) is 7.51. The Balaban J connectivity index is 1.87. The number of rotatable bonds is 5. The molecule has 5 heteroatoms. The van der Waals surface area contributed by atoms with E-state index in [1.54, 1.807) is 12.1 Å². The molecule has 1 aromatic carbocycles. The minimum atomic E-state index is -0.337. The van der Waals surface area contributed by atoms with Crippen LogP contribution in [0.4, 0.5) is 0 Å². The van der Waals surface area contributed by atoms with Crippen LogP contribution in [0.15, 0.2) is 24.3 Å². The van der Waals surface area contributed by atoms with Crippen molar-refractivity contribution in [2.75, 3.05) is 6.61 Å². The number of carbonyl (C=O) groups excluding carboxylic acids is 1. The van der Waals surface area contributed by atoms with Gasteiger partial charge in [-0.15, -0.1) is 0 Å².